The molecule has 6 nitrogen and oxygen atoms in total. The van der Waals surface area contributed by atoms with Crippen molar-refractivity contribution in [2.45, 2.75) is 22.6 Å². The highest BCUT2D eigenvalue weighted by Crippen LogP contribution is 2.21. The third-order valence-corrected chi connectivity index (χ3v) is 6.26. The Kier molecular flexibility index (Phi) is 4.75. The molecule has 0 saturated carbocycles. The van der Waals surface area contributed by atoms with Crippen LogP contribution in [0.4, 0.5) is 0 Å². The van der Waals surface area contributed by atoms with Crippen molar-refractivity contribution in [2.75, 3.05) is 0 Å². The van der Waals surface area contributed by atoms with Crippen LogP contribution >= 0.6 is 0 Å². The molecule has 0 bridgehead atoms. The molecule has 140 valence electrons. The van der Waals surface area contributed by atoms with E-state index in [2.05, 4.69) is 9.97 Å². The van der Waals surface area contributed by atoms with Gasteiger partial charge in [-0.05, 0) is 36.2 Å². The van der Waals surface area contributed by atoms with E-state index < -0.39 is 9.84 Å². The minimum Gasteiger partial charge on any atom is -0.304 e. The van der Waals surface area contributed by atoms with E-state index in [9.17, 15) is 13.2 Å². The first-order valence-corrected chi connectivity index (χ1v) is 10.2. The Balaban J connectivity index is 1.45. The molecule has 2 aromatic carbocycles. The number of sulfone groups is 1. The van der Waals surface area contributed by atoms with Crippen LogP contribution in [0.3, 0.4) is 0 Å². The molecular weight excluding hydrogens is 374 g/mol. The van der Waals surface area contributed by atoms with Crippen molar-refractivity contribution in [3.63, 3.8) is 0 Å². The molecule has 0 radical (unpaired) electrons. The van der Waals surface area contributed by atoms with E-state index in [1.165, 1.54) is 0 Å². The van der Waals surface area contributed by atoms with E-state index >= 15 is 0 Å². The van der Waals surface area contributed by atoms with Gasteiger partial charge in [0.2, 0.25) is 9.84 Å². The predicted octanol–water partition coefficient (Wildman–Crippen LogP) is 3.38. The van der Waals surface area contributed by atoms with Gasteiger partial charge in [0.15, 0.2) is 11.4 Å². The number of aryl methyl sites for hydroxylation is 1. The van der Waals surface area contributed by atoms with E-state index in [0.29, 0.717) is 24.2 Å². The van der Waals surface area contributed by atoms with Gasteiger partial charge in [-0.3, -0.25) is 9.78 Å². The standard InChI is InChI=1S/C21H17N3O3S/c25-20(19-15-24-13-12-22-14-21(24)23-19)11-8-16-6-9-18(10-7-16)28(26,27)17-4-2-1-3-5-17/h1-7,9-10,12-15H,8,11H2. The minimum atomic E-state index is -3.53. The molecule has 0 N–H and O–H groups in total. The number of fused-ring (bicyclic) bond motifs is 1. The summed E-state index contributed by atoms with van der Waals surface area (Å²) in [5, 5.41) is 0. The molecule has 2 aromatic heterocycles. The molecule has 7 heteroatoms. The lowest BCUT2D eigenvalue weighted by Crippen LogP contribution is -2.03. The first-order chi connectivity index (χ1) is 13.5. The Labute approximate surface area is 162 Å². The number of carbonyl (C=O) groups is 1. The average molecular weight is 391 g/mol. The Morgan fingerprint density at radius 3 is 2.39 bits per heavy atom. The van der Waals surface area contributed by atoms with Crippen molar-refractivity contribution in [1.82, 2.24) is 14.4 Å². The molecule has 0 atom stereocenters. The van der Waals surface area contributed by atoms with Crippen molar-refractivity contribution in [3.05, 3.63) is 90.6 Å². The number of Topliss-reactive ketones (excluding diaryl/α,β-unsaturated/α-hetero) is 1. The van der Waals surface area contributed by atoms with Crippen LogP contribution in [0.15, 0.2) is 89.2 Å². The third-order valence-electron chi connectivity index (χ3n) is 4.48. The van der Waals surface area contributed by atoms with Gasteiger partial charge in [-0.15, -0.1) is 0 Å². The van der Waals surface area contributed by atoms with Gasteiger partial charge >= 0.3 is 0 Å². The van der Waals surface area contributed by atoms with Crippen LogP contribution < -0.4 is 0 Å². The Morgan fingerprint density at radius 1 is 0.964 bits per heavy atom. The van der Waals surface area contributed by atoms with Crippen LogP contribution in [0.2, 0.25) is 0 Å². The molecule has 2 heterocycles. The first-order valence-electron chi connectivity index (χ1n) is 8.75. The number of benzene rings is 2. The zero-order chi connectivity index (χ0) is 19.6. The van der Waals surface area contributed by atoms with Crippen LogP contribution in [0.25, 0.3) is 5.65 Å². The lowest BCUT2D eigenvalue weighted by molar-refractivity contribution is 0.0978. The number of rotatable bonds is 6. The summed E-state index contributed by atoms with van der Waals surface area (Å²) in [5.74, 6) is -0.0651. The summed E-state index contributed by atoms with van der Waals surface area (Å²) < 4.78 is 27.0. The second-order valence-corrected chi connectivity index (χ2v) is 8.30. The van der Waals surface area contributed by atoms with Crippen LogP contribution in [0.1, 0.15) is 22.5 Å². The van der Waals surface area contributed by atoms with E-state index in [-0.39, 0.29) is 15.6 Å². The summed E-state index contributed by atoms with van der Waals surface area (Å²) in [6.07, 6.45) is 7.47. The molecule has 0 amide bonds. The van der Waals surface area contributed by atoms with Gasteiger partial charge in [-0.1, -0.05) is 30.3 Å². The zero-order valence-electron chi connectivity index (χ0n) is 14.9. The highest BCUT2D eigenvalue weighted by atomic mass is 32.2. The van der Waals surface area contributed by atoms with E-state index in [0.717, 1.165) is 5.56 Å². The average Bonchev–Trinajstić information content (AvgIpc) is 3.17. The Bertz CT molecular complexity index is 1200. The number of hydrogen-bond acceptors (Lipinski definition) is 5. The van der Waals surface area contributed by atoms with Crippen LogP contribution in [-0.2, 0) is 16.3 Å². The fourth-order valence-corrected chi connectivity index (χ4v) is 4.22. The molecule has 0 saturated heterocycles. The highest BCUT2D eigenvalue weighted by Gasteiger charge is 2.17. The third kappa shape index (κ3) is 3.57. The summed E-state index contributed by atoms with van der Waals surface area (Å²) in [4.78, 5) is 21.2. The molecule has 4 rings (SSSR count). The van der Waals surface area contributed by atoms with Crippen molar-refractivity contribution < 1.29 is 13.2 Å². The predicted molar refractivity (Wildman–Crippen MR) is 104 cm³/mol. The van der Waals surface area contributed by atoms with Gasteiger partial charge in [-0.25, -0.2) is 13.4 Å². The maximum Gasteiger partial charge on any atom is 0.206 e. The lowest BCUT2D eigenvalue weighted by atomic mass is 10.1. The molecule has 0 aliphatic carbocycles. The van der Waals surface area contributed by atoms with E-state index in [1.54, 1.807) is 83.8 Å². The van der Waals surface area contributed by atoms with Crippen molar-refractivity contribution in [1.29, 1.82) is 0 Å². The van der Waals surface area contributed by atoms with E-state index in [4.69, 9.17) is 0 Å². The van der Waals surface area contributed by atoms with Gasteiger partial charge in [0.25, 0.3) is 0 Å². The number of nitrogens with zero attached hydrogens (tertiary/aromatic N) is 3. The van der Waals surface area contributed by atoms with E-state index in [1.807, 2.05) is 0 Å². The first kappa shape index (κ1) is 18.1. The summed E-state index contributed by atoms with van der Waals surface area (Å²) in [6.45, 7) is 0. The second-order valence-electron chi connectivity index (χ2n) is 6.35. The summed E-state index contributed by atoms with van der Waals surface area (Å²) in [5.41, 5.74) is 1.92. The molecule has 0 spiro atoms. The molecule has 0 aliphatic rings. The minimum absolute atomic E-state index is 0.0651. The fraction of sp³-hybridized carbons (Fsp3) is 0.0952. The Morgan fingerprint density at radius 2 is 1.68 bits per heavy atom. The molecule has 28 heavy (non-hydrogen) atoms. The van der Waals surface area contributed by atoms with Crippen LogP contribution in [-0.4, -0.2) is 28.6 Å². The molecule has 4 aromatic rings. The van der Waals surface area contributed by atoms with Crippen LogP contribution in [0, 0.1) is 0 Å². The normalized spacial score (nSPS) is 11.6. The molecule has 0 unspecified atom stereocenters. The largest absolute Gasteiger partial charge is 0.304 e. The highest BCUT2D eigenvalue weighted by molar-refractivity contribution is 7.91. The van der Waals surface area contributed by atoms with Crippen molar-refractivity contribution in [2.24, 2.45) is 0 Å². The lowest BCUT2D eigenvalue weighted by Gasteiger charge is -2.06. The summed E-state index contributed by atoms with van der Waals surface area (Å²) in [7, 11) is -3.53. The molecule has 0 fully saturated rings. The Hall–Kier alpha value is -3.32. The smallest absolute Gasteiger partial charge is 0.206 e. The van der Waals surface area contributed by atoms with Crippen molar-refractivity contribution in [3.8, 4) is 0 Å². The number of imidazole rings is 1. The molecular formula is C21H17N3O3S. The maximum absolute atomic E-state index is 12.6. The van der Waals surface area contributed by atoms with Gasteiger partial charge in [0.05, 0.1) is 16.0 Å². The van der Waals surface area contributed by atoms with Gasteiger partial charge < -0.3 is 4.40 Å². The number of ketones is 1. The van der Waals surface area contributed by atoms with Crippen LogP contribution in [0.5, 0.6) is 0 Å². The summed E-state index contributed by atoms with van der Waals surface area (Å²) >= 11 is 0. The monoisotopic (exact) mass is 391 g/mol. The SMILES string of the molecule is O=C(CCc1ccc(S(=O)(=O)c2ccccc2)cc1)c1cn2ccncc2n1. The number of carbonyl (C=O) groups excluding carboxylic acids is 1. The van der Waals surface area contributed by atoms with Gasteiger partial charge in [0.1, 0.15) is 5.69 Å². The van der Waals surface area contributed by atoms with Gasteiger partial charge in [0, 0.05) is 25.0 Å². The quantitative estimate of drug-likeness (QED) is 0.471. The summed E-state index contributed by atoms with van der Waals surface area (Å²) in [6, 6.07) is 15.0. The fourth-order valence-electron chi connectivity index (χ4n) is 2.93. The maximum atomic E-state index is 12.6. The van der Waals surface area contributed by atoms with Crippen molar-refractivity contribution >= 4 is 21.3 Å². The second kappa shape index (κ2) is 7.36. The zero-order valence-corrected chi connectivity index (χ0v) is 15.7. The number of aromatic nitrogens is 3. The number of hydrogen-bond donors (Lipinski definition) is 0. The molecule has 0 aliphatic heterocycles. The topological polar surface area (TPSA) is 81.4 Å². The van der Waals surface area contributed by atoms with Gasteiger partial charge in [-0.2, -0.15) is 0 Å².